The summed E-state index contributed by atoms with van der Waals surface area (Å²) in [4.78, 5) is 15.6. The number of nitrogens with zero attached hydrogens (tertiary/aromatic N) is 1. The summed E-state index contributed by atoms with van der Waals surface area (Å²) in [5, 5.41) is 0. The van der Waals surface area contributed by atoms with E-state index >= 15 is 0 Å². The predicted octanol–water partition coefficient (Wildman–Crippen LogP) is 2.17. The van der Waals surface area contributed by atoms with Gasteiger partial charge in [0, 0.05) is 18.5 Å². The monoisotopic (exact) mass is 205 g/mol. The second-order valence-electron chi connectivity index (χ2n) is 4.06. The summed E-state index contributed by atoms with van der Waals surface area (Å²) >= 11 is 0. The summed E-state index contributed by atoms with van der Waals surface area (Å²) in [6.45, 7) is 2.00. The van der Waals surface area contributed by atoms with Crippen LogP contribution in [0.1, 0.15) is 31.2 Å². The molecule has 1 aliphatic carbocycles. The molecular weight excluding hydrogens is 190 g/mol. The molecule has 0 amide bonds. The highest BCUT2D eigenvalue weighted by Crippen LogP contribution is 2.37. The van der Waals surface area contributed by atoms with Gasteiger partial charge < -0.3 is 4.74 Å². The van der Waals surface area contributed by atoms with Crippen LogP contribution in [0.2, 0.25) is 0 Å². The predicted molar refractivity (Wildman–Crippen MR) is 56.9 cm³/mol. The molecule has 0 aromatic carbocycles. The molecule has 0 aliphatic heterocycles. The van der Waals surface area contributed by atoms with Gasteiger partial charge in [0.1, 0.15) is 11.5 Å². The van der Waals surface area contributed by atoms with Gasteiger partial charge in [-0.15, -0.1) is 0 Å². The Hall–Kier alpha value is -1.38. The lowest BCUT2D eigenvalue weighted by molar-refractivity contribution is -0.120. The Bertz CT molecular complexity index is 376. The largest absolute Gasteiger partial charge is 0.495 e. The number of rotatable bonds is 2. The van der Waals surface area contributed by atoms with Crippen LogP contribution in [-0.4, -0.2) is 17.9 Å². The van der Waals surface area contributed by atoms with Crippen molar-refractivity contribution in [2.45, 2.75) is 25.7 Å². The SMILES string of the molecule is COc1cncc(C2CCC(=O)C2C)c1. The first-order chi connectivity index (χ1) is 7.22. The van der Waals surface area contributed by atoms with Crippen molar-refractivity contribution in [1.29, 1.82) is 0 Å². The molecule has 1 fully saturated rings. The molecule has 0 radical (unpaired) electrons. The topological polar surface area (TPSA) is 39.2 Å². The molecule has 80 valence electrons. The number of carbonyl (C=O) groups is 1. The molecule has 1 aromatic rings. The minimum absolute atomic E-state index is 0.124. The molecule has 2 unspecified atom stereocenters. The van der Waals surface area contributed by atoms with E-state index in [1.807, 2.05) is 19.2 Å². The van der Waals surface area contributed by atoms with Crippen molar-refractivity contribution in [3.8, 4) is 5.75 Å². The third-order valence-electron chi connectivity index (χ3n) is 3.21. The maximum atomic E-state index is 11.5. The number of hydrogen-bond donors (Lipinski definition) is 0. The number of Topliss-reactive ketones (excluding diaryl/α,β-unsaturated/α-hetero) is 1. The number of aromatic nitrogens is 1. The zero-order chi connectivity index (χ0) is 10.8. The van der Waals surface area contributed by atoms with Crippen molar-refractivity contribution < 1.29 is 9.53 Å². The number of hydrogen-bond acceptors (Lipinski definition) is 3. The molecule has 1 saturated carbocycles. The van der Waals surface area contributed by atoms with Crippen LogP contribution in [-0.2, 0) is 4.79 Å². The van der Waals surface area contributed by atoms with Crippen LogP contribution in [0.25, 0.3) is 0 Å². The number of carbonyl (C=O) groups excluding carboxylic acids is 1. The molecule has 1 heterocycles. The Labute approximate surface area is 89.5 Å². The van der Waals surface area contributed by atoms with Crippen LogP contribution < -0.4 is 4.74 Å². The van der Waals surface area contributed by atoms with E-state index in [1.54, 1.807) is 13.3 Å². The molecular formula is C12H15NO2. The van der Waals surface area contributed by atoms with Gasteiger partial charge in [-0.05, 0) is 24.0 Å². The Balaban J connectivity index is 2.26. The highest BCUT2D eigenvalue weighted by molar-refractivity contribution is 5.84. The summed E-state index contributed by atoms with van der Waals surface area (Å²) in [5.74, 6) is 1.57. The molecule has 3 nitrogen and oxygen atoms in total. The highest BCUT2D eigenvalue weighted by Gasteiger charge is 2.32. The summed E-state index contributed by atoms with van der Waals surface area (Å²) in [6, 6.07) is 1.98. The van der Waals surface area contributed by atoms with Gasteiger partial charge in [-0.25, -0.2) is 0 Å². The van der Waals surface area contributed by atoms with Crippen molar-refractivity contribution in [3.63, 3.8) is 0 Å². The summed E-state index contributed by atoms with van der Waals surface area (Å²) in [6.07, 6.45) is 5.16. The second-order valence-corrected chi connectivity index (χ2v) is 4.06. The third kappa shape index (κ3) is 1.87. The number of ketones is 1. The van der Waals surface area contributed by atoms with Gasteiger partial charge in [-0.1, -0.05) is 6.92 Å². The molecule has 0 spiro atoms. The first-order valence-corrected chi connectivity index (χ1v) is 5.24. The lowest BCUT2D eigenvalue weighted by Gasteiger charge is -2.14. The molecule has 2 rings (SSSR count). The summed E-state index contributed by atoms with van der Waals surface area (Å²) < 4.78 is 5.13. The van der Waals surface area contributed by atoms with Gasteiger partial charge in [-0.2, -0.15) is 0 Å². The van der Waals surface area contributed by atoms with Crippen LogP contribution >= 0.6 is 0 Å². The Kier molecular flexibility index (Phi) is 2.71. The fourth-order valence-corrected chi connectivity index (χ4v) is 2.21. The highest BCUT2D eigenvalue weighted by atomic mass is 16.5. The number of methoxy groups -OCH3 is 1. The van der Waals surface area contributed by atoms with Crippen LogP contribution in [0, 0.1) is 5.92 Å². The first kappa shape index (κ1) is 10.1. The quantitative estimate of drug-likeness (QED) is 0.742. The summed E-state index contributed by atoms with van der Waals surface area (Å²) in [7, 11) is 1.63. The van der Waals surface area contributed by atoms with Gasteiger partial charge >= 0.3 is 0 Å². The van der Waals surface area contributed by atoms with Gasteiger partial charge in [-0.3, -0.25) is 9.78 Å². The van der Waals surface area contributed by atoms with Gasteiger partial charge in [0.05, 0.1) is 13.3 Å². The second kappa shape index (κ2) is 4.01. The van der Waals surface area contributed by atoms with E-state index in [0.29, 0.717) is 18.1 Å². The standard InChI is InChI=1S/C12H15NO2/c1-8-11(3-4-12(8)14)9-5-10(15-2)7-13-6-9/h5-8,11H,3-4H2,1-2H3. The van der Waals surface area contributed by atoms with E-state index in [4.69, 9.17) is 4.74 Å². The molecule has 0 N–H and O–H groups in total. The van der Waals surface area contributed by atoms with Gasteiger partial charge in [0.2, 0.25) is 0 Å². The van der Waals surface area contributed by atoms with Crippen molar-refractivity contribution in [2.75, 3.05) is 7.11 Å². The van der Waals surface area contributed by atoms with Gasteiger partial charge in [0.15, 0.2) is 0 Å². The Morgan fingerprint density at radius 2 is 2.27 bits per heavy atom. The average Bonchev–Trinajstić information content (AvgIpc) is 2.60. The molecule has 1 aliphatic rings. The van der Waals surface area contributed by atoms with Crippen LogP contribution in [0.5, 0.6) is 5.75 Å². The lowest BCUT2D eigenvalue weighted by atomic mass is 9.91. The number of pyridine rings is 1. The fourth-order valence-electron chi connectivity index (χ4n) is 2.21. The van der Waals surface area contributed by atoms with E-state index in [2.05, 4.69) is 4.98 Å². The van der Waals surface area contributed by atoms with E-state index in [-0.39, 0.29) is 5.92 Å². The van der Waals surface area contributed by atoms with Crippen molar-refractivity contribution in [1.82, 2.24) is 4.98 Å². The maximum Gasteiger partial charge on any atom is 0.137 e. The van der Waals surface area contributed by atoms with E-state index in [0.717, 1.165) is 17.7 Å². The average molecular weight is 205 g/mol. The summed E-state index contributed by atoms with van der Waals surface area (Å²) in [5.41, 5.74) is 1.12. The lowest BCUT2D eigenvalue weighted by Crippen LogP contribution is -2.09. The smallest absolute Gasteiger partial charge is 0.137 e. The maximum absolute atomic E-state index is 11.5. The Morgan fingerprint density at radius 3 is 2.87 bits per heavy atom. The van der Waals surface area contributed by atoms with Crippen molar-refractivity contribution >= 4 is 5.78 Å². The normalized spacial score (nSPS) is 25.6. The van der Waals surface area contributed by atoms with Crippen LogP contribution in [0.4, 0.5) is 0 Å². The van der Waals surface area contributed by atoms with Crippen LogP contribution in [0.15, 0.2) is 18.5 Å². The molecule has 0 saturated heterocycles. The molecule has 1 aromatic heterocycles. The minimum Gasteiger partial charge on any atom is -0.495 e. The third-order valence-corrected chi connectivity index (χ3v) is 3.21. The zero-order valence-electron chi connectivity index (χ0n) is 9.06. The molecule has 0 bridgehead atoms. The van der Waals surface area contributed by atoms with Crippen LogP contribution in [0.3, 0.4) is 0 Å². The molecule has 15 heavy (non-hydrogen) atoms. The van der Waals surface area contributed by atoms with E-state index < -0.39 is 0 Å². The van der Waals surface area contributed by atoms with E-state index in [9.17, 15) is 4.79 Å². The van der Waals surface area contributed by atoms with E-state index in [1.165, 1.54) is 0 Å². The Morgan fingerprint density at radius 1 is 1.47 bits per heavy atom. The first-order valence-electron chi connectivity index (χ1n) is 5.24. The van der Waals surface area contributed by atoms with Gasteiger partial charge in [0.25, 0.3) is 0 Å². The van der Waals surface area contributed by atoms with Crippen molar-refractivity contribution in [2.24, 2.45) is 5.92 Å². The number of ether oxygens (including phenoxy) is 1. The van der Waals surface area contributed by atoms with Crippen molar-refractivity contribution in [3.05, 3.63) is 24.0 Å². The fraction of sp³-hybridized carbons (Fsp3) is 0.500. The molecule has 2 atom stereocenters. The zero-order valence-corrected chi connectivity index (χ0v) is 9.06. The molecule has 3 heteroatoms. The minimum atomic E-state index is 0.124.